The number of carbonyl (C=O) groups is 1. The van der Waals surface area contributed by atoms with Gasteiger partial charge in [-0.15, -0.1) is 0 Å². The first kappa shape index (κ1) is 16.2. The molecule has 1 heterocycles. The van der Waals surface area contributed by atoms with Crippen molar-refractivity contribution in [1.82, 2.24) is 10.5 Å². The van der Waals surface area contributed by atoms with Crippen molar-refractivity contribution in [3.05, 3.63) is 52.4 Å². The summed E-state index contributed by atoms with van der Waals surface area (Å²) in [5, 5.41) is 6.82. The van der Waals surface area contributed by atoms with Crippen LogP contribution in [0.4, 0.5) is 0 Å². The fraction of sp³-hybridized carbons (Fsp3) is 0.412. The summed E-state index contributed by atoms with van der Waals surface area (Å²) < 4.78 is 10.2. The highest BCUT2D eigenvalue weighted by Gasteiger charge is 2.10. The van der Waals surface area contributed by atoms with Crippen molar-refractivity contribution in [2.45, 2.75) is 39.8 Å². The summed E-state index contributed by atoms with van der Waals surface area (Å²) in [5.41, 5.74) is 4.08. The zero-order chi connectivity index (χ0) is 15.9. The molecule has 1 N–H and O–H groups in total. The number of hydrogen-bond acceptors (Lipinski definition) is 4. The van der Waals surface area contributed by atoms with E-state index < -0.39 is 0 Å². The minimum Gasteiger partial charge on any atom is -0.380 e. The smallest absolute Gasteiger partial charge is 0.220 e. The zero-order valence-electron chi connectivity index (χ0n) is 13.3. The first-order chi connectivity index (χ1) is 10.6. The molecule has 0 bridgehead atoms. The maximum Gasteiger partial charge on any atom is 0.220 e. The molecule has 2 aromatic rings. The summed E-state index contributed by atoms with van der Waals surface area (Å²) in [6, 6.07) is 8.02. The number of nitrogens with zero attached hydrogens (tertiary/aromatic N) is 1. The third-order valence-electron chi connectivity index (χ3n) is 3.61. The van der Waals surface area contributed by atoms with Crippen molar-refractivity contribution < 1.29 is 14.1 Å². The predicted molar refractivity (Wildman–Crippen MR) is 83.3 cm³/mol. The third-order valence-corrected chi connectivity index (χ3v) is 3.61. The van der Waals surface area contributed by atoms with E-state index in [1.165, 1.54) is 0 Å². The highest BCUT2D eigenvalue weighted by atomic mass is 16.5. The maximum absolute atomic E-state index is 11.9. The van der Waals surface area contributed by atoms with Crippen LogP contribution in [0.1, 0.15) is 34.6 Å². The van der Waals surface area contributed by atoms with E-state index in [-0.39, 0.29) is 5.91 Å². The van der Waals surface area contributed by atoms with Gasteiger partial charge in [-0.25, -0.2) is 0 Å². The van der Waals surface area contributed by atoms with Gasteiger partial charge in [-0.1, -0.05) is 29.4 Å². The van der Waals surface area contributed by atoms with Crippen LogP contribution in [-0.4, -0.2) is 18.2 Å². The van der Waals surface area contributed by atoms with E-state index in [9.17, 15) is 4.79 Å². The van der Waals surface area contributed by atoms with Gasteiger partial charge in [0.2, 0.25) is 5.91 Å². The van der Waals surface area contributed by atoms with Crippen molar-refractivity contribution in [1.29, 1.82) is 0 Å². The number of benzene rings is 1. The quantitative estimate of drug-likeness (QED) is 0.854. The molecule has 118 valence electrons. The molecule has 5 nitrogen and oxygen atoms in total. The van der Waals surface area contributed by atoms with Crippen LogP contribution in [0.25, 0.3) is 0 Å². The second-order valence-corrected chi connectivity index (χ2v) is 5.33. The molecule has 0 saturated heterocycles. The van der Waals surface area contributed by atoms with Gasteiger partial charge in [0.25, 0.3) is 0 Å². The van der Waals surface area contributed by atoms with Gasteiger partial charge >= 0.3 is 0 Å². The number of aryl methyl sites for hydroxylation is 2. The number of rotatable bonds is 7. The maximum atomic E-state index is 11.9. The SMILES string of the molecule is COCc1ccc(CNC(=O)CCc2c(C)noc2C)cc1. The average molecular weight is 302 g/mol. The van der Waals surface area contributed by atoms with Crippen molar-refractivity contribution in [3.63, 3.8) is 0 Å². The van der Waals surface area contributed by atoms with Gasteiger partial charge in [-0.2, -0.15) is 0 Å². The second kappa shape index (κ2) is 7.75. The molecule has 0 aliphatic rings. The lowest BCUT2D eigenvalue weighted by Gasteiger charge is -2.06. The Morgan fingerprint density at radius 3 is 2.50 bits per heavy atom. The number of amides is 1. The van der Waals surface area contributed by atoms with Gasteiger partial charge in [-0.3, -0.25) is 4.79 Å². The Kier molecular flexibility index (Phi) is 5.72. The second-order valence-electron chi connectivity index (χ2n) is 5.33. The Morgan fingerprint density at radius 1 is 1.23 bits per heavy atom. The summed E-state index contributed by atoms with van der Waals surface area (Å²) in [7, 11) is 1.67. The molecule has 0 aliphatic heterocycles. The number of aromatic nitrogens is 1. The first-order valence-corrected chi connectivity index (χ1v) is 7.35. The van der Waals surface area contributed by atoms with E-state index in [0.29, 0.717) is 26.0 Å². The molecule has 0 unspecified atom stereocenters. The van der Waals surface area contributed by atoms with Gasteiger partial charge in [0.1, 0.15) is 5.76 Å². The molecule has 2 rings (SSSR count). The Labute approximate surface area is 130 Å². The number of carbonyl (C=O) groups excluding carboxylic acids is 1. The fourth-order valence-electron chi connectivity index (χ4n) is 2.31. The number of methoxy groups -OCH3 is 1. The summed E-state index contributed by atoms with van der Waals surface area (Å²) >= 11 is 0. The molecule has 22 heavy (non-hydrogen) atoms. The van der Waals surface area contributed by atoms with E-state index in [2.05, 4.69) is 10.5 Å². The lowest BCUT2D eigenvalue weighted by atomic mass is 10.1. The molecular formula is C17H22N2O3. The Morgan fingerprint density at radius 2 is 1.91 bits per heavy atom. The Balaban J connectivity index is 1.78. The lowest BCUT2D eigenvalue weighted by Crippen LogP contribution is -2.23. The molecule has 0 saturated carbocycles. The number of ether oxygens (including phenoxy) is 1. The standard InChI is InChI=1S/C17H22N2O3/c1-12-16(13(2)22-19-12)8-9-17(20)18-10-14-4-6-15(7-5-14)11-21-3/h4-7H,8-11H2,1-3H3,(H,18,20). The summed E-state index contributed by atoms with van der Waals surface area (Å²) in [6.45, 7) is 4.90. The van der Waals surface area contributed by atoms with Crippen LogP contribution in [0.2, 0.25) is 0 Å². The predicted octanol–water partition coefficient (Wildman–Crippen LogP) is 2.69. The van der Waals surface area contributed by atoms with Crippen molar-refractivity contribution in [2.75, 3.05) is 7.11 Å². The average Bonchev–Trinajstić information content (AvgIpc) is 2.83. The van der Waals surface area contributed by atoms with Crippen LogP contribution in [0.5, 0.6) is 0 Å². The van der Waals surface area contributed by atoms with E-state index in [4.69, 9.17) is 9.26 Å². The van der Waals surface area contributed by atoms with Gasteiger partial charge in [0.15, 0.2) is 0 Å². The van der Waals surface area contributed by atoms with E-state index >= 15 is 0 Å². The van der Waals surface area contributed by atoms with Gasteiger partial charge in [0.05, 0.1) is 12.3 Å². The third kappa shape index (κ3) is 4.43. The molecule has 0 radical (unpaired) electrons. The lowest BCUT2D eigenvalue weighted by molar-refractivity contribution is -0.121. The van der Waals surface area contributed by atoms with E-state index in [0.717, 1.165) is 28.1 Å². The highest BCUT2D eigenvalue weighted by molar-refractivity contribution is 5.76. The Hall–Kier alpha value is -2.14. The minimum absolute atomic E-state index is 0.0287. The van der Waals surface area contributed by atoms with Crippen LogP contribution in [-0.2, 0) is 29.1 Å². The normalized spacial score (nSPS) is 10.7. The molecule has 0 aliphatic carbocycles. The van der Waals surface area contributed by atoms with Crippen LogP contribution < -0.4 is 5.32 Å². The van der Waals surface area contributed by atoms with Crippen LogP contribution in [0.15, 0.2) is 28.8 Å². The highest BCUT2D eigenvalue weighted by Crippen LogP contribution is 2.14. The molecule has 5 heteroatoms. The molecule has 1 amide bonds. The van der Waals surface area contributed by atoms with E-state index in [1.807, 2.05) is 38.1 Å². The molecular weight excluding hydrogens is 280 g/mol. The molecule has 1 aromatic heterocycles. The van der Waals surface area contributed by atoms with Crippen LogP contribution in [0, 0.1) is 13.8 Å². The van der Waals surface area contributed by atoms with Crippen molar-refractivity contribution in [2.24, 2.45) is 0 Å². The molecule has 0 spiro atoms. The van der Waals surface area contributed by atoms with E-state index in [1.54, 1.807) is 7.11 Å². The topological polar surface area (TPSA) is 64.4 Å². The van der Waals surface area contributed by atoms with Gasteiger partial charge < -0.3 is 14.6 Å². The van der Waals surface area contributed by atoms with Gasteiger partial charge in [-0.05, 0) is 31.4 Å². The summed E-state index contributed by atoms with van der Waals surface area (Å²) in [6.07, 6.45) is 1.09. The fourth-order valence-corrected chi connectivity index (χ4v) is 2.31. The monoisotopic (exact) mass is 302 g/mol. The van der Waals surface area contributed by atoms with Gasteiger partial charge in [0, 0.05) is 25.6 Å². The first-order valence-electron chi connectivity index (χ1n) is 7.35. The van der Waals surface area contributed by atoms with Crippen LogP contribution in [0.3, 0.4) is 0 Å². The summed E-state index contributed by atoms with van der Waals surface area (Å²) in [5.74, 6) is 0.819. The zero-order valence-corrected chi connectivity index (χ0v) is 13.3. The largest absolute Gasteiger partial charge is 0.380 e. The number of hydrogen-bond donors (Lipinski definition) is 1. The molecule has 0 atom stereocenters. The van der Waals surface area contributed by atoms with Crippen molar-refractivity contribution in [3.8, 4) is 0 Å². The molecule has 0 fully saturated rings. The van der Waals surface area contributed by atoms with Crippen LogP contribution >= 0.6 is 0 Å². The Bertz CT molecular complexity index is 598. The summed E-state index contributed by atoms with van der Waals surface area (Å²) in [4.78, 5) is 11.9. The minimum atomic E-state index is 0.0287. The number of nitrogens with one attached hydrogen (secondary N) is 1. The van der Waals surface area contributed by atoms with Crippen molar-refractivity contribution >= 4 is 5.91 Å². The molecule has 1 aromatic carbocycles.